The molecule has 0 atom stereocenters. The first-order chi connectivity index (χ1) is 2.00. The third-order valence-corrected chi connectivity index (χ3v) is 0. The Morgan fingerprint density at radius 3 is 0.857 bits per heavy atom. The predicted molar refractivity (Wildman–Crippen MR) is 19.6 cm³/mol. The van der Waals surface area contributed by atoms with Gasteiger partial charge in [0.25, 0.3) is 0 Å². The predicted octanol–water partition coefficient (Wildman–Crippen LogP) is -3.70. The Hall–Kier alpha value is 2.15. The zero-order valence-corrected chi connectivity index (χ0v) is 4.35. The summed E-state index contributed by atoms with van der Waals surface area (Å²) in [7, 11) is 0. The van der Waals surface area contributed by atoms with Crippen molar-refractivity contribution in [1.29, 1.82) is 0 Å². The topological polar surface area (TPSA) is 112 Å². The van der Waals surface area contributed by atoms with Crippen LogP contribution in [0, 0.1) is 0 Å². The summed E-state index contributed by atoms with van der Waals surface area (Å²) in [6, 6.07) is 0. The minimum absolute atomic E-state index is 0. The van der Waals surface area contributed by atoms with Gasteiger partial charge in [0.1, 0.15) is 0 Å². The molecule has 0 fully saturated rings. The van der Waals surface area contributed by atoms with Crippen LogP contribution < -0.4 is 0 Å². The van der Waals surface area contributed by atoms with Crippen molar-refractivity contribution in [3.8, 4) is 0 Å². The number of rotatable bonds is 0. The molecule has 7 heteroatoms. The second-order valence-corrected chi connectivity index (χ2v) is 2.47. The van der Waals surface area contributed by atoms with Gasteiger partial charge in [-0.3, -0.25) is 0 Å². The van der Waals surface area contributed by atoms with E-state index in [2.05, 4.69) is 0 Å². The van der Waals surface area contributed by atoms with Crippen LogP contribution in [0.3, 0.4) is 0 Å². The zero-order chi connectivity index (χ0) is 4.50. The third-order valence-electron chi connectivity index (χ3n) is 0. The van der Waals surface area contributed by atoms with E-state index in [0.29, 0.717) is 0 Å². The first kappa shape index (κ1) is 16.1. The van der Waals surface area contributed by atoms with E-state index in [9.17, 15) is 0 Å². The zero-order valence-electron chi connectivity index (χ0n) is 2.79. The van der Waals surface area contributed by atoms with Crippen LogP contribution in [0.5, 0.6) is 0 Å². The molecule has 0 saturated heterocycles. The molecule has 0 spiro atoms. The number of hydrogen-bond donors (Lipinski definition) is 4. The van der Waals surface area contributed by atoms with Crippen molar-refractivity contribution < 1.29 is 38.4 Å². The molecule has 0 radical (unpaired) electrons. The summed E-state index contributed by atoms with van der Waals surface area (Å²) in [5.41, 5.74) is 0. The van der Waals surface area contributed by atoms with Crippen molar-refractivity contribution in [1.82, 2.24) is 0 Å². The second-order valence-electron chi connectivity index (χ2n) is 0.600. The molecule has 7 heavy (non-hydrogen) atoms. The maximum atomic E-state index is 7.38. The van der Waals surface area contributed by atoms with Crippen molar-refractivity contribution in [2.45, 2.75) is 0 Å². The molecule has 0 amide bonds. The molecule has 0 saturated carbocycles. The molecule has 0 bridgehead atoms. The minimum atomic E-state index is -5.00. The van der Waals surface area contributed by atoms with Crippen molar-refractivity contribution in [2.24, 2.45) is 0 Å². The summed E-state index contributed by atoms with van der Waals surface area (Å²) in [5.74, 6) is 0. The van der Waals surface area contributed by atoms with Crippen LogP contribution in [0.25, 0.3) is 0 Å². The summed E-state index contributed by atoms with van der Waals surface area (Å²) >= 11 is -5.00. The summed E-state index contributed by atoms with van der Waals surface area (Å²) in [6.07, 6.45) is 0. The fourth-order valence-electron chi connectivity index (χ4n) is 0. The molecule has 0 aliphatic heterocycles. The van der Waals surface area contributed by atoms with Gasteiger partial charge in [0.2, 0.25) is 0 Å². The molecule has 0 aromatic heterocycles. The molecule has 6 N–H and O–H groups in total. The molecule has 0 unspecified atom stereocenters. The van der Waals surface area contributed by atoms with Crippen molar-refractivity contribution in [2.75, 3.05) is 0 Å². The van der Waals surface area contributed by atoms with E-state index in [1.807, 2.05) is 0 Å². The average molecular weight is 174 g/mol. The molecule has 0 aliphatic carbocycles. The average Bonchev–Trinajstić information content (AvgIpc) is 0.722. The van der Waals surface area contributed by atoms with E-state index in [1.165, 1.54) is 0 Å². The van der Waals surface area contributed by atoms with Crippen LogP contribution in [-0.4, -0.2) is 71.6 Å². The first-order valence-electron chi connectivity index (χ1n) is 0.894. The fraction of sp³-hybridized carbons (Fsp3) is 0. The Morgan fingerprint density at radius 1 is 0.857 bits per heavy atom. The van der Waals surface area contributed by atoms with Crippen LogP contribution in [0.1, 0.15) is 0 Å². The molecule has 0 aromatic carbocycles. The van der Waals surface area contributed by atoms with Crippen LogP contribution in [0.2, 0.25) is 0 Å². The Morgan fingerprint density at radius 2 is 0.857 bits per heavy atom. The molecular formula is H7KO5Ti. The second kappa shape index (κ2) is 6.27. The SMILES string of the molecule is O.[KH].[OH][Ti]([OH])([OH])[OH]. The fourth-order valence-corrected chi connectivity index (χ4v) is 0. The van der Waals surface area contributed by atoms with Gasteiger partial charge >= 0.3 is 84.3 Å². The Bertz CT molecular complexity index is 23.6. The van der Waals surface area contributed by atoms with Crippen molar-refractivity contribution in [3.05, 3.63) is 0 Å². The van der Waals surface area contributed by atoms with E-state index in [1.54, 1.807) is 0 Å². The van der Waals surface area contributed by atoms with Crippen LogP contribution in [0.4, 0.5) is 0 Å². The van der Waals surface area contributed by atoms with E-state index < -0.39 is 18.1 Å². The summed E-state index contributed by atoms with van der Waals surface area (Å²) < 4.78 is 29.5. The Kier molecular flexibility index (Phi) is 14.4. The van der Waals surface area contributed by atoms with Gasteiger partial charge in [-0.05, 0) is 0 Å². The molecule has 5 nitrogen and oxygen atoms in total. The normalized spacial score (nSPS) is 8.57. The summed E-state index contributed by atoms with van der Waals surface area (Å²) in [5, 5.41) is 0. The molecular weight excluding hydrogens is 167 g/mol. The van der Waals surface area contributed by atoms with Gasteiger partial charge in [-0.1, -0.05) is 0 Å². The van der Waals surface area contributed by atoms with Gasteiger partial charge in [-0.15, -0.1) is 0 Å². The van der Waals surface area contributed by atoms with E-state index in [4.69, 9.17) is 14.8 Å². The van der Waals surface area contributed by atoms with E-state index >= 15 is 0 Å². The van der Waals surface area contributed by atoms with Gasteiger partial charge in [0, 0.05) is 0 Å². The Balaban J connectivity index is -0.0000000800. The third kappa shape index (κ3) is 66.7. The standard InChI is InChI=1S/K.5H2O.Ti.H/h;5*1H2;;/q;;;;;;+4;/p-4. The van der Waals surface area contributed by atoms with Gasteiger partial charge in [0.05, 0.1) is 0 Å². The van der Waals surface area contributed by atoms with Gasteiger partial charge < -0.3 is 5.48 Å². The summed E-state index contributed by atoms with van der Waals surface area (Å²) in [4.78, 5) is 0. The molecule has 0 aliphatic rings. The van der Waals surface area contributed by atoms with Crippen LogP contribution in [-0.2, 0) is 18.1 Å². The monoisotopic (exact) mass is 174 g/mol. The van der Waals surface area contributed by atoms with Crippen molar-refractivity contribution in [3.63, 3.8) is 0 Å². The maximum absolute atomic E-state index is 7.38. The first-order valence-corrected chi connectivity index (χ1v) is 3.69. The van der Waals surface area contributed by atoms with Crippen LogP contribution >= 0.6 is 0 Å². The quantitative estimate of drug-likeness (QED) is 0.283. The number of hydrogen-bond acceptors (Lipinski definition) is 4. The molecule has 0 rings (SSSR count). The van der Waals surface area contributed by atoms with E-state index in [0.717, 1.165) is 0 Å². The van der Waals surface area contributed by atoms with Gasteiger partial charge in [-0.2, -0.15) is 0 Å². The summed E-state index contributed by atoms with van der Waals surface area (Å²) in [6.45, 7) is 0. The van der Waals surface area contributed by atoms with Crippen molar-refractivity contribution >= 4 is 51.4 Å². The van der Waals surface area contributed by atoms with Gasteiger partial charge in [0.15, 0.2) is 0 Å². The van der Waals surface area contributed by atoms with Gasteiger partial charge in [-0.25, -0.2) is 0 Å². The van der Waals surface area contributed by atoms with Crippen LogP contribution in [0.15, 0.2) is 0 Å². The molecule has 0 aromatic rings. The molecule has 42 valence electrons. The molecule has 0 heterocycles. The Labute approximate surface area is 88.0 Å². The van der Waals surface area contributed by atoms with E-state index in [-0.39, 0.29) is 56.9 Å².